The van der Waals surface area contributed by atoms with Gasteiger partial charge in [-0.15, -0.1) is 11.3 Å². The third-order valence-corrected chi connectivity index (χ3v) is 6.67. The molecule has 1 amide bonds. The third-order valence-electron chi connectivity index (χ3n) is 5.88. The van der Waals surface area contributed by atoms with Crippen LogP contribution >= 0.6 is 11.3 Å². The van der Waals surface area contributed by atoms with Gasteiger partial charge < -0.3 is 14.9 Å². The minimum absolute atomic E-state index is 0.0363. The molecule has 2 aliphatic rings. The molecule has 1 aromatic heterocycles. The van der Waals surface area contributed by atoms with Crippen molar-refractivity contribution in [2.45, 2.75) is 25.3 Å². The summed E-state index contributed by atoms with van der Waals surface area (Å²) < 4.78 is 1.05. The second-order valence-electron chi connectivity index (χ2n) is 7.16. The zero-order valence-corrected chi connectivity index (χ0v) is 14.8. The summed E-state index contributed by atoms with van der Waals surface area (Å²) in [4.78, 5) is 21.5. The molecule has 2 atom stereocenters. The summed E-state index contributed by atoms with van der Waals surface area (Å²) in [6.45, 7) is 2.69. The third kappa shape index (κ3) is 2.53. The van der Waals surface area contributed by atoms with Crippen LogP contribution in [0.1, 0.15) is 29.6 Å². The van der Waals surface area contributed by atoms with E-state index in [2.05, 4.69) is 16.9 Å². The predicted octanol–water partition coefficient (Wildman–Crippen LogP) is 2.22. The number of likely N-dealkylation sites (N-methyl/N-ethyl adjacent to an activating group) is 1. The highest BCUT2D eigenvalue weighted by atomic mass is 32.1. The zero-order valence-electron chi connectivity index (χ0n) is 13.9. The van der Waals surface area contributed by atoms with Crippen LogP contribution in [0.2, 0.25) is 0 Å². The first-order valence-corrected chi connectivity index (χ1v) is 9.44. The van der Waals surface area contributed by atoms with Crippen molar-refractivity contribution in [2.24, 2.45) is 5.41 Å². The Hall–Kier alpha value is -1.50. The predicted molar refractivity (Wildman–Crippen MR) is 95.3 cm³/mol. The van der Waals surface area contributed by atoms with E-state index >= 15 is 0 Å². The summed E-state index contributed by atoms with van der Waals surface area (Å²) in [6, 6.07) is 6.01. The Morgan fingerprint density at radius 2 is 2.29 bits per heavy atom. The molecule has 2 aliphatic heterocycles. The minimum Gasteiger partial charge on any atom is -0.396 e. The fraction of sp³-hybridized carbons (Fsp3) is 0.556. The van der Waals surface area contributed by atoms with Gasteiger partial charge in [0.2, 0.25) is 0 Å². The number of likely N-dealkylation sites (tertiary alicyclic amines) is 2. The number of aliphatic hydroxyl groups is 1. The molecule has 0 aliphatic carbocycles. The van der Waals surface area contributed by atoms with Crippen molar-refractivity contribution in [1.82, 2.24) is 14.8 Å². The molecule has 4 rings (SSSR count). The molecule has 1 N–H and O–H groups in total. The number of hydrogen-bond donors (Lipinski definition) is 1. The monoisotopic (exact) mass is 345 g/mol. The average Bonchev–Trinajstić information content (AvgIpc) is 3.09. The number of aliphatic hydroxyl groups excluding tert-OH is 1. The van der Waals surface area contributed by atoms with Crippen molar-refractivity contribution in [3.63, 3.8) is 0 Å². The Labute approximate surface area is 145 Å². The van der Waals surface area contributed by atoms with Gasteiger partial charge in [0.1, 0.15) is 0 Å². The lowest BCUT2D eigenvalue weighted by Gasteiger charge is -2.53. The molecular weight excluding hydrogens is 322 g/mol. The molecule has 1 aromatic carbocycles. The van der Waals surface area contributed by atoms with Crippen LogP contribution in [-0.2, 0) is 0 Å². The summed E-state index contributed by atoms with van der Waals surface area (Å²) in [5.74, 6) is 0.0933. The number of carbonyl (C=O) groups excluding carboxylic acids is 1. The van der Waals surface area contributed by atoms with Gasteiger partial charge >= 0.3 is 0 Å². The summed E-state index contributed by atoms with van der Waals surface area (Å²) in [5.41, 5.74) is 3.46. The SMILES string of the molecule is CN1CCC[C@]2(CO)CCN(C(=O)c3ccc4ncsc4c3)C[C@@H]12. The second-order valence-corrected chi connectivity index (χ2v) is 8.04. The standard InChI is InChI=1S/C18H23N3O2S/c1-20-7-2-5-18(11-22)6-8-21(10-16(18)20)17(23)13-3-4-14-15(9-13)24-12-19-14/h3-4,9,12,16,22H,2,5-8,10-11H2,1H3/t16-,18-/m1/s1. The van der Waals surface area contributed by atoms with E-state index in [1.807, 2.05) is 28.6 Å². The van der Waals surface area contributed by atoms with E-state index in [0.717, 1.165) is 48.1 Å². The van der Waals surface area contributed by atoms with Gasteiger partial charge in [-0.2, -0.15) is 0 Å². The van der Waals surface area contributed by atoms with E-state index in [1.165, 1.54) is 0 Å². The normalized spacial score (nSPS) is 28.1. The molecule has 128 valence electrons. The molecule has 2 saturated heterocycles. The average molecular weight is 345 g/mol. The lowest BCUT2D eigenvalue weighted by molar-refractivity contribution is -0.0601. The molecule has 24 heavy (non-hydrogen) atoms. The first-order valence-electron chi connectivity index (χ1n) is 8.57. The largest absolute Gasteiger partial charge is 0.396 e. The maximum Gasteiger partial charge on any atom is 0.253 e. The molecule has 0 radical (unpaired) electrons. The van der Waals surface area contributed by atoms with Gasteiger partial charge in [-0.1, -0.05) is 0 Å². The highest BCUT2D eigenvalue weighted by Crippen LogP contribution is 2.41. The van der Waals surface area contributed by atoms with Crippen LogP contribution in [0.3, 0.4) is 0 Å². The first kappa shape index (κ1) is 16.0. The maximum absolute atomic E-state index is 13.0. The van der Waals surface area contributed by atoms with Gasteiger partial charge in [0.05, 0.1) is 22.3 Å². The zero-order chi connectivity index (χ0) is 16.7. The van der Waals surface area contributed by atoms with Gasteiger partial charge in [0.25, 0.3) is 5.91 Å². The van der Waals surface area contributed by atoms with Gasteiger partial charge in [0.15, 0.2) is 0 Å². The van der Waals surface area contributed by atoms with Crippen LogP contribution in [0.5, 0.6) is 0 Å². The number of fused-ring (bicyclic) bond motifs is 2. The number of carbonyl (C=O) groups is 1. The Kier molecular flexibility index (Phi) is 4.06. The smallest absolute Gasteiger partial charge is 0.253 e. The molecular formula is C18H23N3O2S. The molecule has 0 unspecified atom stereocenters. The Bertz CT molecular complexity index is 762. The van der Waals surface area contributed by atoms with Crippen molar-refractivity contribution in [1.29, 1.82) is 0 Å². The summed E-state index contributed by atoms with van der Waals surface area (Å²) in [5, 5.41) is 10.00. The number of nitrogens with zero attached hydrogens (tertiary/aromatic N) is 3. The summed E-state index contributed by atoms with van der Waals surface area (Å²) in [6.07, 6.45) is 3.07. The molecule has 3 heterocycles. The van der Waals surface area contributed by atoms with E-state index in [1.54, 1.807) is 11.3 Å². The Morgan fingerprint density at radius 3 is 3.12 bits per heavy atom. The van der Waals surface area contributed by atoms with Crippen molar-refractivity contribution in [2.75, 3.05) is 33.3 Å². The molecule has 5 nitrogen and oxygen atoms in total. The van der Waals surface area contributed by atoms with Gasteiger partial charge in [-0.25, -0.2) is 4.98 Å². The first-order chi connectivity index (χ1) is 11.6. The van der Waals surface area contributed by atoms with Gasteiger partial charge in [-0.05, 0) is 51.1 Å². The topological polar surface area (TPSA) is 56.7 Å². The van der Waals surface area contributed by atoms with Crippen LogP contribution in [0, 0.1) is 5.41 Å². The van der Waals surface area contributed by atoms with E-state index in [0.29, 0.717) is 6.54 Å². The van der Waals surface area contributed by atoms with Crippen LogP contribution < -0.4 is 0 Å². The fourth-order valence-electron chi connectivity index (χ4n) is 4.37. The Balaban J connectivity index is 1.57. The van der Waals surface area contributed by atoms with Crippen LogP contribution in [-0.4, -0.2) is 65.1 Å². The molecule has 0 spiro atoms. The molecule has 0 bridgehead atoms. The van der Waals surface area contributed by atoms with Crippen LogP contribution in [0.25, 0.3) is 10.2 Å². The molecule has 2 aromatic rings. The highest BCUT2D eigenvalue weighted by molar-refractivity contribution is 7.16. The minimum atomic E-state index is -0.0363. The van der Waals surface area contributed by atoms with Crippen LogP contribution in [0.15, 0.2) is 23.7 Å². The van der Waals surface area contributed by atoms with Gasteiger partial charge in [0, 0.05) is 30.1 Å². The lowest BCUT2D eigenvalue weighted by Crippen LogP contribution is -2.62. The van der Waals surface area contributed by atoms with Crippen molar-refractivity contribution < 1.29 is 9.90 Å². The molecule has 2 fully saturated rings. The fourth-order valence-corrected chi connectivity index (χ4v) is 5.09. The number of rotatable bonds is 2. The molecule has 6 heteroatoms. The number of piperidine rings is 2. The highest BCUT2D eigenvalue weighted by Gasteiger charge is 2.47. The van der Waals surface area contributed by atoms with E-state index in [9.17, 15) is 9.90 Å². The maximum atomic E-state index is 13.0. The number of benzene rings is 1. The number of hydrogen-bond acceptors (Lipinski definition) is 5. The second kappa shape index (κ2) is 6.10. The van der Waals surface area contributed by atoms with Crippen LogP contribution in [0.4, 0.5) is 0 Å². The van der Waals surface area contributed by atoms with E-state index in [4.69, 9.17) is 0 Å². The summed E-state index contributed by atoms with van der Waals surface area (Å²) >= 11 is 1.56. The van der Waals surface area contributed by atoms with Gasteiger partial charge in [-0.3, -0.25) is 4.79 Å². The number of thiazole rings is 1. The Morgan fingerprint density at radius 1 is 1.42 bits per heavy atom. The van der Waals surface area contributed by atoms with E-state index in [-0.39, 0.29) is 24.0 Å². The molecule has 0 saturated carbocycles. The number of aromatic nitrogens is 1. The van der Waals surface area contributed by atoms with Crippen molar-refractivity contribution in [3.05, 3.63) is 29.3 Å². The van der Waals surface area contributed by atoms with Crippen molar-refractivity contribution >= 4 is 27.5 Å². The summed E-state index contributed by atoms with van der Waals surface area (Å²) in [7, 11) is 2.12. The quantitative estimate of drug-likeness (QED) is 0.907. The van der Waals surface area contributed by atoms with E-state index < -0.39 is 0 Å². The van der Waals surface area contributed by atoms with Crippen molar-refractivity contribution in [3.8, 4) is 0 Å². The lowest BCUT2D eigenvalue weighted by atomic mass is 9.69. The number of amides is 1.